The van der Waals surface area contributed by atoms with Crippen molar-refractivity contribution in [3.8, 4) is 5.75 Å². The first kappa shape index (κ1) is 23.7. The molecule has 8 heteroatoms. The largest absolute Gasteiger partial charge is 0.496 e. The molecule has 0 amide bonds. The summed E-state index contributed by atoms with van der Waals surface area (Å²) in [7, 11) is 4.50. The van der Waals surface area contributed by atoms with E-state index in [0.29, 0.717) is 35.9 Å². The number of aryl methyl sites for hydroxylation is 1. The molecule has 0 aliphatic heterocycles. The van der Waals surface area contributed by atoms with E-state index in [1.807, 2.05) is 6.07 Å². The highest BCUT2D eigenvalue weighted by Gasteiger charge is 2.13. The standard InChI is InChI=1S/C20H24FN3O3.HI/c1-13-9-14(5-7-17(13)21)11-23-20(22-2)24-12-15-6-8-18(26-3)16(10-15)19(25)27-4;/h5-10H,11-12H2,1-4H3,(H2,22,23,24);1H. The van der Waals surface area contributed by atoms with Gasteiger partial charge < -0.3 is 20.1 Å². The van der Waals surface area contributed by atoms with Crippen LogP contribution in [0.5, 0.6) is 5.75 Å². The van der Waals surface area contributed by atoms with Crippen molar-refractivity contribution in [1.82, 2.24) is 10.6 Å². The molecule has 0 bridgehead atoms. The number of methoxy groups -OCH3 is 2. The topological polar surface area (TPSA) is 72.0 Å². The number of carbonyl (C=O) groups is 1. The minimum absolute atomic E-state index is 0. The summed E-state index contributed by atoms with van der Waals surface area (Å²) < 4.78 is 23.3. The van der Waals surface area contributed by atoms with Gasteiger partial charge in [-0.1, -0.05) is 18.2 Å². The average molecular weight is 501 g/mol. The number of ether oxygens (including phenoxy) is 2. The third-order valence-electron chi connectivity index (χ3n) is 4.04. The third-order valence-corrected chi connectivity index (χ3v) is 4.04. The van der Waals surface area contributed by atoms with Gasteiger partial charge in [0, 0.05) is 20.1 Å². The van der Waals surface area contributed by atoms with Gasteiger partial charge >= 0.3 is 5.97 Å². The summed E-state index contributed by atoms with van der Waals surface area (Å²) in [6.45, 7) is 2.70. The van der Waals surface area contributed by atoms with Crippen molar-refractivity contribution in [1.29, 1.82) is 0 Å². The lowest BCUT2D eigenvalue weighted by Crippen LogP contribution is -2.36. The van der Waals surface area contributed by atoms with Gasteiger partial charge in [0.1, 0.15) is 17.1 Å². The number of benzene rings is 2. The molecule has 0 aliphatic carbocycles. The van der Waals surface area contributed by atoms with E-state index in [2.05, 4.69) is 15.6 Å². The Labute approximate surface area is 181 Å². The summed E-state index contributed by atoms with van der Waals surface area (Å²) in [5.41, 5.74) is 2.79. The lowest BCUT2D eigenvalue weighted by atomic mass is 10.1. The fourth-order valence-electron chi connectivity index (χ4n) is 2.54. The molecular formula is C20H25FIN3O3. The number of halogens is 2. The molecule has 0 spiro atoms. The fraction of sp³-hybridized carbons (Fsp3) is 0.300. The second-order valence-electron chi connectivity index (χ2n) is 5.89. The number of nitrogens with one attached hydrogen (secondary N) is 2. The molecule has 2 aromatic rings. The van der Waals surface area contributed by atoms with Gasteiger partial charge in [0.15, 0.2) is 5.96 Å². The smallest absolute Gasteiger partial charge is 0.341 e. The molecule has 0 aromatic heterocycles. The summed E-state index contributed by atoms with van der Waals surface area (Å²) in [5.74, 6) is 0.372. The number of aliphatic imine (C=N–C) groups is 1. The third kappa shape index (κ3) is 6.36. The molecule has 2 N–H and O–H groups in total. The van der Waals surface area contributed by atoms with E-state index in [1.54, 1.807) is 38.2 Å². The van der Waals surface area contributed by atoms with Crippen LogP contribution in [-0.2, 0) is 17.8 Å². The summed E-state index contributed by atoms with van der Waals surface area (Å²) in [6, 6.07) is 10.3. The summed E-state index contributed by atoms with van der Waals surface area (Å²) in [6.07, 6.45) is 0. The Balaban J connectivity index is 0.00000392. The van der Waals surface area contributed by atoms with Gasteiger partial charge in [0.05, 0.1) is 14.2 Å². The second-order valence-corrected chi connectivity index (χ2v) is 5.89. The fourth-order valence-corrected chi connectivity index (χ4v) is 2.54. The van der Waals surface area contributed by atoms with Crippen molar-refractivity contribution in [2.45, 2.75) is 20.0 Å². The lowest BCUT2D eigenvalue weighted by molar-refractivity contribution is 0.0597. The minimum Gasteiger partial charge on any atom is -0.496 e. The molecule has 0 fully saturated rings. The van der Waals surface area contributed by atoms with Crippen LogP contribution in [0, 0.1) is 12.7 Å². The Morgan fingerprint density at radius 1 is 1.07 bits per heavy atom. The van der Waals surface area contributed by atoms with E-state index in [9.17, 15) is 9.18 Å². The van der Waals surface area contributed by atoms with Crippen LogP contribution in [0.1, 0.15) is 27.0 Å². The monoisotopic (exact) mass is 501 g/mol. The molecule has 0 aliphatic rings. The van der Waals surface area contributed by atoms with Crippen LogP contribution in [0.15, 0.2) is 41.4 Å². The zero-order chi connectivity index (χ0) is 19.8. The average Bonchev–Trinajstić information content (AvgIpc) is 2.69. The number of nitrogens with zero attached hydrogens (tertiary/aromatic N) is 1. The quantitative estimate of drug-likeness (QED) is 0.275. The van der Waals surface area contributed by atoms with E-state index in [1.165, 1.54) is 20.3 Å². The normalized spacial score (nSPS) is 10.7. The first-order valence-corrected chi connectivity index (χ1v) is 8.43. The Kier molecular flexibility index (Phi) is 9.70. The van der Waals surface area contributed by atoms with Crippen LogP contribution in [0.3, 0.4) is 0 Å². The summed E-state index contributed by atoms with van der Waals surface area (Å²) in [4.78, 5) is 16.0. The van der Waals surface area contributed by atoms with Crippen molar-refractivity contribution in [2.24, 2.45) is 4.99 Å². The molecule has 152 valence electrons. The number of guanidine groups is 1. The van der Waals surface area contributed by atoms with Gasteiger partial charge in [-0.25, -0.2) is 9.18 Å². The highest BCUT2D eigenvalue weighted by atomic mass is 127. The van der Waals surface area contributed by atoms with Crippen LogP contribution in [-0.4, -0.2) is 33.2 Å². The molecular weight excluding hydrogens is 476 g/mol. The zero-order valence-electron chi connectivity index (χ0n) is 16.3. The van der Waals surface area contributed by atoms with Gasteiger partial charge in [-0.05, 0) is 41.8 Å². The Bertz CT molecular complexity index is 843. The second kappa shape index (κ2) is 11.5. The molecule has 28 heavy (non-hydrogen) atoms. The summed E-state index contributed by atoms with van der Waals surface area (Å²) >= 11 is 0. The maximum atomic E-state index is 13.3. The van der Waals surface area contributed by atoms with Crippen molar-refractivity contribution in [3.63, 3.8) is 0 Å². The van der Waals surface area contributed by atoms with Gasteiger partial charge in [-0.2, -0.15) is 0 Å². The Morgan fingerprint density at radius 3 is 2.21 bits per heavy atom. The van der Waals surface area contributed by atoms with E-state index >= 15 is 0 Å². The molecule has 6 nitrogen and oxygen atoms in total. The number of hydrogen-bond donors (Lipinski definition) is 2. The number of hydrogen-bond acceptors (Lipinski definition) is 4. The first-order chi connectivity index (χ1) is 13.0. The van der Waals surface area contributed by atoms with Crippen molar-refractivity contribution < 1.29 is 18.7 Å². The predicted octanol–water partition coefficient (Wildman–Crippen LogP) is 3.41. The van der Waals surface area contributed by atoms with Crippen LogP contribution in [0.2, 0.25) is 0 Å². The highest BCUT2D eigenvalue weighted by Crippen LogP contribution is 2.20. The SMILES string of the molecule is CN=C(NCc1ccc(F)c(C)c1)NCc1ccc(OC)c(C(=O)OC)c1.I. The van der Waals surface area contributed by atoms with E-state index in [0.717, 1.165) is 11.1 Å². The first-order valence-electron chi connectivity index (χ1n) is 8.43. The van der Waals surface area contributed by atoms with Gasteiger partial charge in [-0.3, -0.25) is 4.99 Å². The molecule has 0 radical (unpaired) electrons. The van der Waals surface area contributed by atoms with Crippen molar-refractivity contribution in [2.75, 3.05) is 21.3 Å². The molecule has 2 rings (SSSR count). The van der Waals surface area contributed by atoms with Crippen LogP contribution in [0.4, 0.5) is 4.39 Å². The molecule has 0 saturated carbocycles. The van der Waals surface area contributed by atoms with Crippen LogP contribution in [0.25, 0.3) is 0 Å². The number of esters is 1. The van der Waals surface area contributed by atoms with Crippen molar-refractivity contribution in [3.05, 3.63) is 64.5 Å². The highest BCUT2D eigenvalue weighted by molar-refractivity contribution is 14.0. The molecule has 2 aromatic carbocycles. The number of carbonyl (C=O) groups excluding carboxylic acids is 1. The molecule has 0 unspecified atom stereocenters. The van der Waals surface area contributed by atoms with E-state index in [-0.39, 0.29) is 29.8 Å². The predicted molar refractivity (Wildman–Crippen MR) is 118 cm³/mol. The van der Waals surface area contributed by atoms with Gasteiger partial charge in [0.25, 0.3) is 0 Å². The van der Waals surface area contributed by atoms with Crippen molar-refractivity contribution >= 4 is 35.9 Å². The molecule has 0 atom stereocenters. The minimum atomic E-state index is -0.456. The maximum Gasteiger partial charge on any atom is 0.341 e. The lowest BCUT2D eigenvalue weighted by Gasteiger charge is -2.14. The maximum absolute atomic E-state index is 13.3. The van der Waals surface area contributed by atoms with Crippen LogP contribution >= 0.6 is 24.0 Å². The van der Waals surface area contributed by atoms with E-state index < -0.39 is 5.97 Å². The van der Waals surface area contributed by atoms with Crippen LogP contribution < -0.4 is 15.4 Å². The zero-order valence-corrected chi connectivity index (χ0v) is 18.7. The van der Waals surface area contributed by atoms with E-state index in [4.69, 9.17) is 9.47 Å². The van der Waals surface area contributed by atoms with Gasteiger partial charge in [0.2, 0.25) is 0 Å². The molecule has 0 heterocycles. The number of rotatable bonds is 6. The van der Waals surface area contributed by atoms with Gasteiger partial charge in [-0.15, -0.1) is 24.0 Å². The Hall–Kier alpha value is -2.36. The summed E-state index contributed by atoms with van der Waals surface area (Å²) in [5, 5.41) is 6.35. The molecule has 0 saturated heterocycles. The Morgan fingerprint density at radius 2 is 1.68 bits per heavy atom.